The largest absolute Gasteiger partial charge is 0.352 e. The van der Waals surface area contributed by atoms with E-state index < -0.39 is 0 Å². The van der Waals surface area contributed by atoms with E-state index in [2.05, 4.69) is 22.4 Å². The maximum atomic E-state index is 12.2. The number of rotatable bonds is 5. The maximum absolute atomic E-state index is 12.2. The third kappa shape index (κ3) is 3.42. The van der Waals surface area contributed by atoms with Crippen LogP contribution in [0.4, 0.5) is 0 Å². The van der Waals surface area contributed by atoms with Crippen LogP contribution in [0.3, 0.4) is 0 Å². The van der Waals surface area contributed by atoms with Crippen LogP contribution in [0.1, 0.15) is 28.2 Å². The molecule has 0 aliphatic carbocycles. The third-order valence-corrected chi connectivity index (χ3v) is 4.14. The van der Waals surface area contributed by atoms with Crippen LogP contribution in [0.5, 0.6) is 0 Å². The summed E-state index contributed by atoms with van der Waals surface area (Å²) in [5.74, 6) is 0.906. The molecule has 0 fully saturated rings. The Kier molecular flexibility index (Phi) is 4.42. The van der Waals surface area contributed by atoms with E-state index in [0.717, 1.165) is 29.7 Å². The lowest BCUT2D eigenvalue weighted by atomic mass is 10.1. The first-order chi connectivity index (χ1) is 11.1. The Labute approximate surface area is 136 Å². The first-order valence-corrected chi connectivity index (χ1v) is 7.90. The fourth-order valence-electron chi connectivity index (χ4n) is 2.70. The summed E-state index contributed by atoms with van der Waals surface area (Å²) < 4.78 is 2.02. The van der Waals surface area contributed by atoms with E-state index in [4.69, 9.17) is 0 Å². The summed E-state index contributed by atoms with van der Waals surface area (Å²) in [7, 11) is 1.98. The number of imidazole rings is 1. The molecule has 0 radical (unpaired) electrons. The zero-order valence-electron chi connectivity index (χ0n) is 13.5. The molecule has 1 heterocycles. The van der Waals surface area contributed by atoms with E-state index in [1.54, 1.807) is 0 Å². The van der Waals surface area contributed by atoms with Crippen LogP contribution in [0, 0.1) is 6.92 Å². The summed E-state index contributed by atoms with van der Waals surface area (Å²) in [6.07, 6.45) is 1.90. The second-order valence-electron chi connectivity index (χ2n) is 5.77. The SMILES string of the molecule is Cc1nc2cc(C(=O)NCCCc3ccccc3)ccc2n1C. The van der Waals surface area contributed by atoms with Gasteiger partial charge in [0.25, 0.3) is 5.91 Å². The predicted molar refractivity (Wildman–Crippen MR) is 92.5 cm³/mol. The second kappa shape index (κ2) is 6.65. The molecule has 0 atom stereocenters. The number of hydrogen-bond donors (Lipinski definition) is 1. The van der Waals surface area contributed by atoms with Gasteiger partial charge in [0.15, 0.2) is 0 Å². The van der Waals surface area contributed by atoms with Gasteiger partial charge in [0, 0.05) is 19.2 Å². The minimum atomic E-state index is -0.0386. The number of aryl methyl sites for hydroxylation is 3. The number of carbonyl (C=O) groups is 1. The lowest BCUT2D eigenvalue weighted by molar-refractivity contribution is 0.0953. The Morgan fingerprint density at radius 1 is 1.17 bits per heavy atom. The molecule has 0 saturated carbocycles. The normalized spacial score (nSPS) is 10.9. The van der Waals surface area contributed by atoms with E-state index in [0.29, 0.717) is 12.1 Å². The minimum Gasteiger partial charge on any atom is -0.352 e. The minimum absolute atomic E-state index is 0.0386. The molecule has 4 nitrogen and oxygen atoms in total. The number of hydrogen-bond acceptors (Lipinski definition) is 2. The fourth-order valence-corrected chi connectivity index (χ4v) is 2.70. The van der Waals surface area contributed by atoms with E-state index in [-0.39, 0.29) is 5.91 Å². The third-order valence-electron chi connectivity index (χ3n) is 4.14. The van der Waals surface area contributed by atoms with Gasteiger partial charge in [-0.05, 0) is 43.5 Å². The van der Waals surface area contributed by atoms with Crippen molar-refractivity contribution < 1.29 is 4.79 Å². The van der Waals surface area contributed by atoms with Crippen molar-refractivity contribution in [2.45, 2.75) is 19.8 Å². The van der Waals surface area contributed by atoms with E-state index in [1.807, 2.05) is 54.9 Å². The van der Waals surface area contributed by atoms with Crippen molar-refractivity contribution in [2.24, 2.45) is 7.05 Å². The van der Waals surface area contributed by atoms with Crippen LogP contribution >= 0.6 is 0 Å². The number of aromatic nitrogens is 2. The lowest BCUT2D eigenvalue weighted by Gasteiger charge is -2.06. The molecule has 0 bridgehead atoms. The zero-order valence-corrected chi connectivity index (χ0v) is 13.5. The highest BCUT2D eigenvalue weighted by atomic mass is 16.1. The Balaban J connectivity index is 1.58. The average molecular weight is 307 g/mol. The van der Waals surface area contributed by atoms with Gasteiger partial charge in [-0.3, -0.25) is 4.79 Å². The Morgan fingerprint density at radius 3 is 2.74 bits per heavy atom. The highest BCUT2D eigenvalue weighted by molar-refractivity contribution is 5.97. The number of carbonyl (C=O) groups excluding carboxylic acids is 1. The molecule has 0 aliphatic heterocycles. The molecule has 1 N–H and O–H groups in total. The Hall–Kier alpha value is -2.62. The van der Waals surface area contributed by atoms with Crippen molar-refractivity contribution in [3.8, 4) is 0 Å². The van der Waals surface area contributed by atoms with Crippen LogP contribution < -0.4 is 5.32 Å². The van der Waals surface area contributed by atoms with Gasteiger partial charge < -0.3 is 9.88 Å². The van der Waals surface area contributed by atoms with Crippen LogP contribution in [0.15, 0.2) is 48.5 Å². The number of fused-ring (bicyclic) bond motifs is 1. The van der Waals surface area contributed by atoms with Crippen LogP contribution in [0.25, 0.3) is 11.0 Å². The number of amides is 1. The molecule has 2 aromatic carbocycles. The molecule has 3 aromatic rings. The first kappa shape index (κ1) is 15.3. The van der Waals surface area contributed by atoms with Gasteiger partial charge in [0.1, 0.15) is 5.82 Å². The van der Waals surface area contributed by atoms with Crippen molar-refractivity contribution in [3.63, 3.8) is 0 Å². The molecule has 4 heteroatoms. The molecule has 118 valence electrons. The van der Waals surface area contributed by atoms with E-state index >= 15 is 0 Å². The summed E-state index contributed by atoms with van der Waals surface area (Å²) in [6, 6.07) is 16.0. The van der Waals surface area contributed by atoms with Crippen molar-refractivity contribution in [2.75, 3.05) is 6.54 Å². The predicted octanol–water partition coefficient (Wildman–Crippen LogP) is 3.24. The zero-order chi connectivity index (χ0) is 16.2. The van der Waals surface area contributed by atoms with Gasteiger partial charge in [-0.15, -0.1) is 0 Å². The van der Waals surface area contributed by atoms with E-state index in [9.17, 15) is 4.79 Å². The van der Waals surface area contributed by atoms with Gasteiger partial charge in [-0.2, -0.15) is 0 Å². The molecule has 1 amide bonds. The highest BCUT2D eigenvalue weighted by Crippen LogP contribution is 2.16. The highest BCUT2D eigenvalue weighted by Gasteiger charge is 2.09. The molecule has 0 spiro atoms. The second-order valence-corrected chi connectivity index (χ2v) is 5.77. The Bertz CT molecular complexity index is 821. The van der Waals surface area contributed by atoms with Crippen molar-refractivity contribution in [1.82, 2.24) is 14.9 Å². The topological polar surface area (TPSA) is 46.9 Å². The van der Waals surface area contributed by atoms with Crippen LogP contribution in [0.2, 0.25) is 0 Å². The summed E-state index contributed by atoms with van der Waals surface area (Å²) in [5.41, 5.74) is 3.87. The van der Waals surface area contributed by atoms with Crippen molar-refractivity contribution in [3.05, 3.63) is 65.5 Å². The smallest absolute Gasteiger partial charge is 0.251 e. The maximum Gasteiger partial charge on any atom is 0.251 e. The number of benzene rings is 2. The van der Waals surface area contributed by atoms with E-state index in [1.165, 1.54) is 5.56 Å². The quantitative estimate of drug-likeness (QED) is 0.736. The van der Waals surface area contributed by atoms with Gasteiger partial charge in [0.05, 0.1) is 11.0 Å². The van der Waals surface area contributed by atoms with Gasteiger partial charge in [-0.25, -0.2) is 4.98 Å². The Morgan fingerprint density at radius 2 is 1.96 bits per heavy atom. The molecule has 23 heavy (non-hydrogen) atoms. The number of nitrogens with one attached hydrogen (secondary N) is 1. The molecule has 0 unspecified atom stereocenters. The molecule has 1 aromatic heterocycles. The molecule has 3 rings (SSSR count). The van der Waals surface area contributed by atoms with Crippen LogP contribution in [-0.2, 0) is 13.5 Å². The first-order valence-electron chi connectivity index (χ1n) is 7.90. The summed E-state index contributed by atoms with van der Waals surface area (Å²) in [4.78, 5) is 16.7. The van der Waals surface area contributed by atoms with Gasteiger partial charge in [-0.1, -0.05) is 30.3 Å². The lowest BCUT2D eigenvalue weighted by Crippen LogP contribution is -2.24. The van der Waals surface area contributed by atoms with Crippen molar-refractivity contribution >= 4 is 16.9 Å². The summed E-state index contributed by atoms with van der Waals surface area (Å²) in [6.45, 7) is 2.64. The molecular formula is C19H21N3O. The molecular weight excluding hydrogens is 286 g/mol. The number of nitrogens with zero attached hydrogens (tertiary/aromatic N) is 2. The summed E-state index contributed by atoms with van der Waals surface area (Å²) >= 11 is 0. The van der Waals surface area contributed by atoms with Crippen molar-refractivity contribution in [1.29, 1.82) is 0 Å². The monoisotopic (exact) mass is 307 g/mol. The molecule has 0 saturated heterocycles. The van der Waals surface area contributed by atoms with Crippen LogP contribution in [-0.4, -0.2) is 22.0 Å². The average Bonchev–Trinajstić information content (AvgIpc) is 2.86. The standard InChI is InChI=1S/C19H21N3O/c1-14-21-17-13-16(10-11-18(17)22(14)2)19(23)20-12-6-9-15-7-4-3-5-8-15/h3-5,7-8,10-11,13H,6,9,12H2,1-2H3,(H,20,23). The fraction of sp³-hybridized carbons (Fsp3) is 0.263. The molecule has 0 aliphatic rings. The van der Waals surface area contributed by atoms with Gasteiger partial charge >= 0.3 is 0 Å². The van der Waals surface area contributed by atoms with Gasteiger partial charge in [0.2, 0.25) is 0 Å². The summed E-state index contributed by atoms with van der Waals surface area (Å²) in [5, 5.41) is 2.98.